The minimum absolute atomic E-state index is 0.702. The van der Waals surface area contributed by atoms with E-state index in [4.69, 9.17) is 17.3 Å². The first kappa shape index (κ1) is 9.25. The van der Waals surface area contributed by atoms with Crippen molar-refractivity contribution < 1.29 is 0 Å². The molecule has 1 unspecified atom stereocenters. The van der Waals surface area contributed by atoms with Crippen molar-refractivity contribution in [3.05, 3.63) is 35.5 Å². The third-order valence-corrected chi connectivity index (χ3v) is 3.57. The molecule has 15 heavy (non-hydrogen) atoms. The van der Waals surface area contributed by atoms with Crippen LogP contribution < -0.4 is 5.73 Å². The molecule has 1 aromatic heterocycles. The largest absolute Gasteiger partial charge is 0.356 e. The summed E-state index contributed by atoms with van der Waals surface area (Å²) < 4.78 is 0. The highest BCUT2D eigenvalue weighted by molar-refractivity contribution is 6.23. The molecule has 1 heterocycles. The summed E-state index contributed by atoms with van der Waals surface area (Å²) >= 11 is 6.32. The van der Waals surface area contributed by atoms with Gasteiger partial charge in [-0.1, -0.05) is 29.8 Å². The van der Waals surface area contributed by atoms with E-state index in [1.165, 1.54) is 10.9 Å². The Morgan fingerprint density at radius 3 is 3.00 bits per heavy atom. The fourth-order valence-electron chi connectivity index (χ4n) is 2.46. The van der Waals surface area contributed by atoms with Gasteiger partial charge in [-0.2, -0.15) is 0 Å². The standard InChI is InChI=1S/C12H13ClN2/c13-12(14)7-3-5-9-8-4-1-2-6-10(8)15-11(9)12/h1-2,4,6,15H,3,5,7,14H2. The number of H-pyrrole nitrogens is 1. The van der Waals surface area contributed by atoms with Gasteiger partial charge in [-0.3, -0.25) is 0 Å². The van der Waals surface area contributed by atoms with Gasteiger partial charge in [0.1, 0.15) is 5.00 Å². The van der Waals surface area contributed by atoms with Crippen molar-refractivity contribution in [2.45, 2.75) is 24.3 Å². The maximum absolute atomic E-state index is 6.32. The van der Waals surface area contributed by atoms with E-state index >= 15 is 0 Å². The Labute approximate surface area is 93.4 Å². The van der Waals surface area contributed by atoms with Gasteiger partial charge in [0.2, 0.25) is 0 Å². The lowest BCUT2D eigenvalue weighted by Crippen LogP contribution is -2.34. The summed E-state index contributed by atoms with van der Waals surface area (Å²) in [4.78, 5) is 2.65. The number of benzene rings is 1. The first-order chi connectivity index (χ1) is 7.18. The van der Waals surface area contributed by atoms with Crippen molar-refractivity contribution >= 4 is 22.5 Å². The second-order valence-electron chi connectivity index (χ2n) is 4.24. The fraction of sp³-hybridized carbons (Fsp3) is 0.333. The number of nitrogens with one attached hydrogen (secondary N) is 1. The van der Waals surface area contributed by atoms with Gasteiger partial charge in [0.05, 0.1) is 5.69 Å². The molecule has 3 N–H and O–H groups in total. The van der Waals surface area contributed by atoms with E-state index < -0.39 is 5.00 Å². The molecule has 0 aliphatic heterocycles. The van der Waals surface area contributed by atoms with E-state index in [1.54, 1.807) is 0 Å². The maximum Gasteiger partial charge on any atom is 0.132 e. The van der Waals surface area contributed by atoms with E-state index in [0.29, 0.717) is 0 Å². The van der Waals surface area contributed by atoms with Crippen LogP contribution in [0.1, 0.15) is 24.1 Å². The summed E-state index contributed by atoms with van der Waals surface area (Å²) in [5.74, 6) is 0. The van der Waals surface area contributed by atoms with Gasteiger partial charge >= 0.3 is 0 Å². The summed E-state index contributed by atoms with van der Waals surface area (Å²) in [6, 6.07) is 8.28. The van der Waals surface area contributed by atoms with Gasteiger partial charge in [0.25, 0.3) is 0 Å². The van der Waals surface area contributed by atoms with Gasteiger partial charge in [-0.05, 0) is 30.9 Å². The Balaban J connectivity index is 2.34. The fourth-order valence-corrected chi connectivity index (χ4v) is 2.76. The number of nitrogens with two attached hydrogens (primary N) is 1. The second-order valence-corrected chi connectivity index (χ2v) is 4.91. The SMILES string of the molecule is NC1(Cl)CCCc2c1[nH]c1ccccc21. The number of rotatable bonds is 0. The van der Waals surface area contributed by atoms with Crippen molar-refractivity contribution in [2.24, 2.45) is 5.73 Å². The number of fused-ring (bicyclic) bond motifs is 3. The molecule has 3 heteroatoms. The number of aromatic nitrogens is 1. The maximum atomic E-state index is 6.32. The molecule has 0 radical (unpaired) electrons. The Morgan fingerprint density at radius 1 is 1.33 bits per heavy atom. The predicted molar refractivity (Wildman–Crippen MR) is 63.0 cm³/mol. The molecular weight excluding hydrogens is 208 g/mol. The molecule has 0 fully saturated rings. The normalized spacial score (nSPS) is 25.5. The summed E-state index contributed by atoms with van der Waals surface area (Å²) in [7, 11) is 0. The number of hydrogen-bond acceptors (Lipinski definition) is 1. The molecule has 2 aromatic rings. The van der Waals surface area contributed by atoms with Crippen molar-refractivity contribution in [1.82, 2.24) is 4.98 Å². The van der Waals surface area contributed by atoms with Crippen LogP contribution in [0.5, 0.6) is 0 Å². The van der Waals surface area contributed by atoms with Crippen molar-refractivity contribution in [3.63, 3.8) is 0 Å². The van der Waals surface area contributed by atoms with Crippen LogP contribution in [0.3, 0.4) is 0 Å². The molecule has 1 aromatic carbocycles. The van der Waals surface area contributed by atoms with E-state index in [9.17, 15) is 0 Å². The van der Waals surface area contributed by atoms with Gasteiger partial charge < -0.3 is 10.7 Å². The lowest BCUT2D eigenvalue weighted by molar-refractivity contribution is 0.505. The highest BCUT2D eigenvalue weighted by Gasteiger charge is 2.33. The zero-order valence-corrected chi connectivity index (χ0v) is 9.14. The van der Waals surface area contributed by atoms with Crippen molar-refractivity contribution in [1.29, 1.82) is 0 Å². The van der Waals surface area contributed by atoms with Crippen LogP contribution >= 0.6 is 11.6 Å². The predicted octanol–water partition coefficient (Wildman–Crippen LogP) is 2.85. The highest BCUT2D eigenvalue weighted by atomic mass is 35.5. The summed E-state index contributed by atoms with van der Waals surface area (Å²) in [5.41, 5.74) is 9.54. The molecule has 3 rings (SSSR count). The van der Waals surface area contributed by atoms with E-state index in [-0.39, 0.29) is 0 Å². The van der Waals surface area contributed by atoms with E-state index in [0.717, 1.165) is 30.5 Å². The molecule has 0 spiro atoms. The molecule has 2 nitrogen and oxygen atoms in total. The van der Waals surface area contributed by atoms with Crippen LogP contribution in [0, 0.1) is 0 Å². The van der Waals surface area contributed by atoms with Crippen molar-refractivity contribution in [2.75, 3.05) is 0 Å². The summed E-state index contributed by atoms with van der Waals surface area (Å²) in [6.07, 6.45) is 2.98. The third-order valence-electron chi connectivity index (χ3n) is 3.20. The average Bonchev–Trinajstić information content (AvgIpc) is 2.58. The van der Waals surface area contributed by atoms with Crippen molar-refractivity contribution in [3.8, 4) is 0 Å². The van der Waals surface area contributed by atoms with Gasteiger partial charge in [-0.15, -0.1) is 0 Å². The third kappa shape index (κ3) is 1.29. The first-order valence-electron chi connectivity index (χ1n) is 5.26. The minimum atomic E-state index is -0.702. The number of alkyl halides is 1. The number of para-hydroxylation sites is 1. The zero-order chi connectivity index (χ0) is 10.5. The molecule has 0 bridgehead atoms. The van der Waals surface area contributed by atoms with Gasteiger partial charge in [-0.25, -0.2) is 0 Å². The number of halogens is 1. The van der Waals surface area contributed by atoms with Crippen LogP contribution in [0.15, 0.2) is 24.3 Å². The van der Waals surface area contributed by atoms with Crippen LogP contribution in [-0.4, -0.2) is 4.98 Å². The number of hydrogen-bond donors (Lipinski definition) is 2. The molecule has 0 amide bonds. The lowest BCUT2D eigenvalue weighted by Gasteiger charge is -2.27. The van der Waals surface area contributed by atoms with Crippen LogP contribution in [0.2, 0.25) is 0 Å². The molecule has 0 saturated carbocycles. The molecule has 1 atom stereocenters. The van der Waals surface area contributed by atoms with Crippen LogP contribution in [0.25, 0.3) is 10.9 Å². The molecule has 1 aliphatic rings. The molecule has 78 valence electrons. The topological polar surface area (TPSA) is 41.8 Å². The Hall–Kier alpha value is -0.990. The minimum Gasteiger partial charge on any atom is -0.356 e. The second kappa shape index (κ2) is 3.00. The number of aromatic amines is 1. The number of aryl methyl sites for hydroxylation is 1. The Morgan fingerprint density at radius 2 is 2.13 bits per heavy atom. The van der Waals surface area contributed by atoms with Gasteiger partial charge in [0.15, 0.2) is 0 Å². The molecule has 0 saturated heterocycles. The average molecular weight is 221 g/mol. The Bertz CT molecular complexity index is 513. The molecular formula is C12H13ClN2. The lowest BCUT2D eigenvalue weighted by atomic mass is 9.92. The zero-order valence-electron chi connectivity index (χ0n) is 8.39. The van der Waals surface area contributed by atoms with Gasteiger partial charge in [0, 0.05) is 10.9 Å². The monoisotopic (exact) mass is 220 g/mol. The van der Waals surface area contributed by atoms with E-state index in [2.05, 4.69) is 23.2 Å². The first-order valence-corrected chi connectivity index (χ1v) is 5.64. The van der Waals surface area contributed by atoms with E-state index in [1.807, 2.05) is 6.07 Å². The summed E-state index contributed by atoms with van der Waals surface area (Å²) in [6.45, 7) is 0. The molecule has 1 aliphatic carbocycles. The summed E-state index contributed by atoms with van der Waals surface area (Å²) in [5, 5.41) is 1.27. The smallest absolute Gasteiger partial charge is 0.132 e. The van der Waals surface area contributed by atoms with Crippen LogP contribution in [-0.2, 0) is 11.4 Å². The van der Waals surface area contributed by atoms with Crippen LogP contribution in [0.4, 0.5) is 0 Å². The highest BCUT2D eigenvalue weighted by Crippen LogP contribution is 2.39. The quantitative estimate of drug-likeness (QED) is 0.520. The Kier molecular flexibility index (Phi) is 1.85.